The predicted molar refractivity (Wildman–Crippen MR) is 199 cm³/mol. The van der Waals surface area contributed by atoms with Gasteiger partial charge in [-0.25, -0.2) is 15.0 Å². The number of furan rings is 2. The number of aromatic nitrogens is 4. The van der Waals surface area contributed by atoms with Crippen molar-refractivity contribution in [3.05, 3.63) is 158 Å². The number of benzene rings is 6. The Balaban J connectivity index is 1.12. The van der Waals surface area contributed by atoms with Gasteiger partial charge in [-0.15, -0.1) is 0 Å². The highest BCUT2D eigenvalue weighted by Gasteiger charge is 2.20. The molecule has 10 rings (SSSR count). The van der Waals surface area contributed by atoms with Crippen LogP contribution in [-0.2, 0) is 0 Å². The largest absolute Gasteiger partial charge is 0.455 e. The summed E-state index contributed by atoms with van der Waals surface area (Å²) in [6.07, 6.45) is 1.89. The first-order valence-electron chi connectivity index (χ1n) is 16.5. The molecule has 0 bridgehead atoms. The second kappa shape index (κ2) is 11.4. The Morgan fingerprint density at radius 1 is 0.380 bits per heavy atom. The molecule has 0 amide bonds. The summed E-state index contributed by atoms with van der Waals surface area (Å²) in [6, 6.07) is 51.0. The van der Waals surface area contributed by atoms with E-state index in [9.17, 15) is 0 Å². The molecule has 6 nitrogen and oxygen atoms in total. The van der Waals surface area contributed by atoms with Gasteiger partial charge < -0.3 is 8.83 Å². The summed E-state index contributed by atoms with van der Waals surface area (Å²) >= 11 is 0. The van der Waals surface area contributed by atoms with E-state index < -0.39 is 0 Å². The molecule has 0 radical (unpaired) electrons. The van der Waals surface area contributed by atoms with Crippen molar-refractivity contribution in [1.82, 2.24) is 19.9 Å². The van der Waals surface area contributed by atoms with Crippen molar-refractivity contribution in [2.75, 3.05) is 0 Å². The van der Waals surface area contributed by atoms with Gasteiger partial charge >= 0.3 is 0 Å². The van der Waals surface area contributed by atoms with Crippen LogP contribution < -0.4 is 0 Å². The molecule has 4 heterocycles. The van der Waals surface area contributed by atoms with Crippen LogP contribution in [0, 0.1) is 0 Å². The lowest BCUT2D eigenvalue weighted by atomic mass is 10.0. The van der Waals surface area contributed by atoms with Crippen molar-refractivity contribution < 1.29 is 8.83 Å². The fourth-order valence-corrected chi connectivity index (χ4v) is 6.78. The van der Waals surface area contributed by atoms with E-state index in [4.69, 9.17) is 28.8 Å². The maximum Gasteiger partial charge on any atom is 0.164 e. The van der Waals surface area contributed by atoms with Crippen LogP contribution in [0.25, 0.3) is 100 Å². The number of hydrogen-bond donors (Lipinski definition) is 0. The Morgan fingerprint density at radius 2 is 0.960 bits per heavy atom. The molecule has 0 unspecified atom stereocenters. The average molecular weight is 643 g/mol. The third-order valence-electron chi connectivity index (χ3n) is 9.21. The molecule has 0 aliphatic heterocycles. The van der Waals surface area contributed by atoms with Gasteiger partial charge in [-0.05, 0) is 29.3 Å². The fraction of sp³-hybridized carbons (Fsp3) is 0. The van der Waals surface area contributed by atoms with E-state index in [1.165, 1.54) is 0 Å². The molecule has 0 fully saturated rings. The smallest absolute Gasteiger partial charge is 0.164 e. The molecule has 4 aromatic heterocycles. The van der Waals surface area contributed by atoms with Crippen LogP contribution in [0.2, 0.25) is 0 Å². The molecule has 0 saturated heterocycles. The number of nitrogens with zero attached hydrogens (tertiary/aromatic N) is 4. The second-order valence-electron chi connectivity index (χ2n) is 12.2. The first-order chi connectivity index (χ1) is 24.8. The highest BCUT2D eigenvalue weighted by molar-refractivity contribution is 6.12. The quantitative estimate of drug-likeness (QED) is 0.186. The van der Waals surface area contributed by atoms with E-state index in [1.54, 1.807) is 0 Å². The summed E-state index contributed by atoms with van der Waals surface area (Å²) in [5, 5.41) is 3.01. The van der Waals surface area contributed by atoms with E-state index >= 15 is 0 Å². The number of hydrogen-bond acceptors (Lipinski definition) is 6. The standard InChI is InChI=1S/C44H26N4O2/c1-3-11-27(12-4-1)28-21-23-30(24-22-28)43-46-42(29-13-5-2-6-14-29)47-44(48-43)35-18-10-20-37-39(35)40-38(49-37)25-31(26-45-40)32-16-9-17-34-33-15-7-8-19-36(33)50-41(32)34/h1-26H. The van der Waals surface area contributed by atoms with Crippen LogP contribution in [0.5, 0.6) is 0 Å². The lowest BCUT2D eigenvalue weighted by molar-refractivity contribution is 0.667. The first kappa shape index (κ1) is 28.1. The van der Waals surface area contributed by atoms with E-state index in [-0.39, 0.29) is 0 Å². The number of fused-ring (bicyclic) bond motifs is 6. The molecule has 0 spiro atoms. The summed E-state index contributed by atoms with van der Waals surface area (Å²) < 4.78 is 12.8. The van der Waals surface area contributed by atoms with E-state index in [1.807, 2.05) is 97.2 Å². The average Bonchev–Trinajstić information content (AvgIpc) is 3.77. The molecule has 0 N–H and O–H groups in total. The first-order valence-corrected chi connectivity index (χ1v) is 16.5. The van der Waals surface area contributed by atoms with Gasteiger partial charge in [0.2, 0.25) is 0 Å². The second-order valence-corrected chi connectivity index (χ2v) is 12.2. The molecule has 10 aromatic rings. The molecule has 6 heteroatoms. The summed E-state index contributed by atoms with van der Waals surface area (Å²) in [4.78, 5) is 20.0. The van der Waals surface area contributed by atoms with Crippen LogP contribution in [-0.4, -0.2) is 19.9 Å². The minimum atomic E-state index is 0.548. The predicted octanol–water partition coefficient (Wildman–Crippen LogP) is 11.4. The van der Waals surface area contributed by atoms with Crippen LogP contribution in [0.15, 0.2) is 167 Å². The Morgan fingerprint density at radius 3 is 1.76 bits per heavy atom. The Labute approximate surface area is 286 Å². The van der Waals surface area contributed by atoms with Crippen LogP contribution >= 0.6 is 0 Å². The van der Waals surface area contributed by atoms with Gasteiger partial charge in [0.1, 0.15) is 22.3 Å². The molecule has 50 heavy (non-hydrogen) atoms. The van der Waals surface area contributed by atoms with Gasteiger partial charge in [-0.1, -0.05) is 133 Å². The van der Waals surface area contributed by atoms with Crippen molar-refractivity contribution in [3.8, 4) is 56.4 Å². The lowest BCUT2D eigenvalue weighted by Crippen LogP contribution is -2.00. The van der Waals surface area contributed by atoms with Gasteiger partial charge in [0.05, 0.1) is 5.39 Å². The Hall–Kier alpha value is -6.92. The topological polar surface area (TPSA) is 77.8 Å². The molecular formula is C44H26N4O2. The minimum Gasteiger partial charge on any atom is -0.455 e. The Kier molecular flexibility index (Phi) is 6.39. The van der Waals surface area contributed by atoms with E-state index in [2.05, 4.69) is 60.7 Å². The maximum atomic E-state index is 6.47. The van der Waals surface area contributed by atoms with Crippen LogP contribution in [0.3, 0.4) is 0 Å². The third-order valence-corrected chi connectivity index (χ3v) is 9.21. The minimum absolute atomic E-state index is 0.548. The number of pyridine rings is 1. The lowest BCUT2D eigenvalue weighted by Gasteiger charge is -2.10. The number of rotatable bonds is 5. The molecule has 0 aliphatic rings. The maximum absolute atomic E-state index is 6.47. The van der Waals surface area contributed by atoms with Crippen molar-refractivity contribution in [1.29, 1.82) is 0 Å². The zero-order valence-corrected chi connectivity index (χ0v) is 26.6. The van der Waals surface area contributed by atoms with E-state index in [0.717, 1.165) is 71.8 Å². The molecule has 0 aliphatic carbocycles. The summed E-state index contributed by atoms with van der Waals surface area (Å²) in [6.45, 7) is 0. The van der Waals surface area contributed by atoms with Gasteiger partial charge in [-0.3, -0.25) is 4.98 Å². The molecule has 234 valence electrons. The molecule has 6 aromatic carbocycles. The Bertz CT molecular complexity index is 2860. The highest BCUT2D eigenvalue weighted by atomic mass is 16.3. The van der Waals surface area contributed by atoms with Crippen molar-refractivity contribution >= 4 is 44.0 Å². The van der Waals surface area contributed by atoms with Gasteiger partial charge in [0.25, 0.3) is 0 Å². The van der Waals surface area contributed by atoms with Gasteiger partial charge in [-0.2, -0.15) is 0 Å². The van der Waals surface area contributed by atoms with E-state index in [0.29, 0.717) is 28.6 Å². The normalized spacial score (nSPS) is 11.6. The van der Waals surface area contributed by atoms with Gasteiger partial charge in [0, 0.05) is 44.8 Å². The highest BCUT2D eigenvalue weighted by Crippen LogP contribution is 2.40. The molecular weight excluding hydrogens is 617 g/mol. The summed E-state index contributed by atoms with van der Waals surface area (Å²) in [5.41, 5.74) is 10.6. The zero-order chi connectivity index (χ0) is 33.0. The van der Waals surface area contributed by atoms with Crippen molar-refractivity contribution in [3.63, 3.8) is 0 Å². The SMILES string of the molecule is c1ccc(-c2ccc(-c3nc(-c4ccccc4)nc(-c4cccc5oc6cc(-c7cccc8c7oc7ccccc78)cnc6c45)n3)cc2)cc1. The monoisotopic (exact) mass is 642 g/mol. The molecule has 0 atom stereocenters. The fourth-order valence-electron chi connectivity index (χ4n) is 6.78. The van der Waals surface area contributed by atoms with Crippen LogP contribution in [0.1, 0.15) is 0 Å². The van der Waals surface area contributed by atoms with Crippen LogP contribution in [0.4, 0.5) is 0 Å². The summed E-state index contributed by atoms with van der Waals surface area (Å²) in [7, 11) is 0. The number of para-hydroxylation sites is 2. The van der Waals surface area contributed by atoms with Gasteiger partial charge in [0.15, 0.2) is 23.1 Å². The van der Waals surface area contributed by atoms with Crippen molar-refractivity contribution in [2.24, 2.45) is 0 Å². The third kappa shape index (κ3) is 4.65. The van der Waals surface area contributed by atoms with Crippen molar-refractivity contribution in [2.45, 2.75) is 0 Å². The molecule has 0 saturated carbocycles. The summed E-state index contributed by atoms with van der Waals surface area (Å²) in [5.74, 6) is 1.73. The zero-order valence-electron chi connectivity index (χ0n) is 26.6.